The van der Waals surface area contributed by atoms with Crippen molar-refractivity contribution in [3.05, 3.63) is 71.9 Å². The molecule has 0 amide bonds. The molecule has 2 aromatic carbocycles. The molecule has 1 heterocycles. The Balaban J connectivity index is 1.71. The van der Waals surface area contributed by atoms with Crippen LogP contribution in [0.15, 0.2) is 60.7 Å². The fourth-order valence-corrected chi connectivity index (χ4v) is 2.39. The number of aromatic amines is 1. The molecule has 0 radical (unpaired) electrons. The number of anilines is 1. The minimum atomic E-state index is -0.0525. The van der Waals surface area contributed by atoms with Crippen molar-refractivity contribution in [2.75, 3.05) is 19.5 Å². The molecule has 3 rings (SSSR count). The van der Waals surface area contributed by atoms with Crippen LogP contribution in [0.2, 0.25) is 0 Å². The van der Waals surface area contributed by atoms with E-state index in [1.54, 1.807) is 31.4 Å². The molecule has 0 atom stereocenters. The van der Waals surface area contributed by atoms with E-state index >= 15 is 0 Å². The van der Waals surface area contributed by atoms with Gasteiger partial charge in [-0.3, -0.25) is 9.89 Å². The zero-order valence-corrected chi connectivity index (χ0v) is 14.1. The second-order valence-corrected chi connectivity index (χ2v) is 5.46. The Morgan fingerprint density at radius 1 is 1.12 bits per heavy atom. The monoisotopic (exact) mass is 333 g/mol. The zero-order chi connectivity index (χ0) is 17.6. The highest BCUT2D eigenvalue weighted by molar-refractivity contribution is 6.06. The third-order valence-electron chi connectivity index (χ3n) is 3.86. The van der Waals surface area contributed by atoms with Crippen molar-refractivity contribution in [1.82, 2.24) is 10.2 Å². The lowest BCUT2D eigenvalue weighted by atomic mass is 10.1. The minimum absolute atomic E-state index is 0.0525. The first kappa shape index (κ1) is 16.5. The quantitative estimate of drug-likeness (QED) is 0.528. The van der Waals surface area contributed by atoms with Gasteiger partial charge in [-0.1, -0.05) is 0 Å². The molecular formula is C20H19N3O2. The van der Waals surface area contributed by atoms with Gasteiger partial charge in [-0.25, -0.2) is 0 Å². The minimum Gasteiger partial charge on any atom is -0.497 e. The van der Waals surface area contributed by atoms with Crippen LogP contribution >= 0.6 is 0 Å². The van der Waals surface area contributed by atoms with Gasteiger partial charge >= 0.3 is 0 Å². The Hall–Kier alpha value is -3.34. The highest BCUT2D eigenvalue weighted by Gasteiger charge is 2.04. The van der Waals surface area contributed by atoms with Gasteiger partial charge in [0.15, 0.2) is 5.78 Å². The van der Waals surface area contributed by atoms with Crippen molar-refractivity contribution >= 4 is 17.5 Å². The van der Waals surface area contributed by atoms with E-state index in [9.17, 15) is 4.79 Å². The maximum atomic E-state index is 12.2. The third-order valence-corrected chi connectivity index (χ3v) is 3.86. The summed E-state index contributed by atoms with van der Waals surface area (Å²) in [6, 6.07) is 16.9. The molecule has 0 aliphatic rings. The highest BCUT2D eigenvalue weighted by atomic mass is 16.5. The summed E-state index contributed by atoms with van der Waals surface area (Å²) < 4.78 is 5.15. The van der Waals surface area contributed by atoms with Gasteiger partial charge in [-0.15, -0.1) is 0 Å². The summed E-state index contributed by atoms with van der Waals surface area (Å²) in [6.45, 7) is 0. The first-order valence-corrected chi connectivity index (χ1v) is 7.89. The number of allylic oxidation sites excluding steroid dienone is 1. The van der Waals surface area contributed by atoms with Crippen LogP contribution in [-0.4, -0.2) is 30.1 Å². The van der Waals surface area contributed by atoms with E-state index in [0.717, 1.165) is 28.4 Å². The van der Waals surface area contributed by atoms with Crippen molar-refractivity contribution in [3.63, 3.8) is 0 Å². The lowest BCUT2D eigenvalue weighted by Crippen LogP contribution is -1.95. The summed E-state index contributed by atoms with van der Waals surface area (Å²) in [5.74, 6) is 0.748. The number of benzene rings is 2. The van der Waals surface area contributed by atoms with Gasteiger partial charge in [0.25, 0.3) is 0 Å². The average molecular weight is 333 g/mol. The number of carbonyl (C=O) groups is 1. The lowest BCUT2D eigenvalue weighted by Gasteiger charge is -2.00. The van der Waals surface area contributed by atoms with Crippen molar-refractivity contribution < 1.29 is 9.53 Å². The predicted molar refractivity (Wildman–Crippen MR) is 99.9 cm³/mol. The second-order valence-electron chi connectivity index (χ2n) is 5.46. The normalized spacial score (nSPS) is 10.8. The van der Waals surface area contributed by atoms with Crippen LogP contribution in [0.4, 0.5) is 5.69 Å². The number of hydrogen-bond donors (Lipinski definition) is 2. The molecule has 25 heavy (non-hydrogen) atoms. The van der Waals surface area contributed by atoms with E-state index in [1.165, 1.54) is 0 Å². The van der Waals surface area contributed by atoms with E-state index in [4.69, 9.17) is 4.74 Å². The van der Waals surface area contributed by atoms with E-state index in [-0.39, 0.29) is 5.78 Å². The SMILES string of the molecule is CNc1ccc(C(=O)/C=C/c2cc(-c3ccc(OC)cc3)n[nH]2)cc1. The first-order valence-electron chi connectivity index (χ1n) is 7.89. The van der Waals surface area contributed by atoms with Crippen molar-refractivity contribution in [1.29, 1.82) is 0 Å². The zero-order valence-electron chi connectivity index (χ0n) is 14.1. The summed E-state index contributed by atoms with van der Waals surface area (Å²) in [5.41, 5.74) is 4.17. The molecule has 0 saturated heterocycles. The lowest BCUT2D eigenvalue weighted by molar-refractivity contribution is 0.104. The molecule has 0 aliphatic heterocycles. The molecule has 5 nitrogen and oxygen atoms in total. The average Bonchev–Trinajstić information content (AvgIpc) is 3.15. The summed E-state index contributed by atoms with van der Waals surface area (Å²) in [6.07, 6.45) is 3.27. The third kappa shape index (κ3) is 3.95. The maximum Gasteiger partial charge on any atom is 0.185 e. The molecule has 126 valence electrons. The molecule has 5 heteroatoms. The molecule has 0 unspecified atom stereocenters. The molecule has 0 bridgehead atoms. The van der Waals surface area contributed by atoms with E-state index < -0.39 is 0 Å². The first-order chi connectivity index (χ1) is 12.2. The summed E-state index contributed by atoms with van der Waals surface area (Å²) in [7, 11) is 3.48. The molecule has 0 aliphatic carbocycles. The number of H-pyrrole nitrogens is 1. The Morgan fingerprint density at radius 3 is 2.48 bits per heavy atom. The van der Waals surface area contributed by atoms with Crippen LogP contribution in [0.3, 0.4) is 0 Å². The number of ether oxygens (including phenoxy) is 1. The molecule has 0 saturated carbocycles. The molecular weight excluding hydrogens is 314 g/mol. The fraction of sp³-hybridized carbons (Fsp3) is 0.100. The Kier molecular flexibility index (Phi) is 4.95. The molecule has 0 spiro atoms. The van der Waals surface area contributed by atoms with Gasteiger partial charge in [-0.2, -0.15) is 5.10 Å². The summed E-state index contributed by atoms with van der Waals surface area (Å²) in [5, 5.41) is 10.2. The van der Waals surface area contributed by atoms with Gasteiger partial charge in [-0.05, 0) is 66.7 Å². The van der Waals surface area contributed by atoms with Gasteiger partial charge in [0.05, 0.1) is 18.5 Å². The standard InChI is InChI=1S/C20H19N3O2/c1-21-16-7-3-15(4-8-16)20(24)12-9-17-13-19(23-22-17)14-5-10-18(25-2)11-6-14/h3-13,21H,1-2H3,(H,22,23)/b12-9+. The number of nitrogens with zero attached hydrogens (tertiary/aromatic N) is 1. The van der Waals surface area contributed by atoms with Crippen LogP contribution in [0, 0.1) is 0 Å². The van der Waals surface area contributed by atoms with Crippen molar-refractivity contribution in [2.45, 2.75) is 0 Å². The van der Waals surface area contributed by atoms with Crippen LogP contribution in [0.1, 0.15) is 16.1 Å². The van der Waals surface area contributed by atoms with Crippen molar-refractivity contribution in [3.8, 4) is 17.0 Å². The number of nitrogens with one attached hydrogen (secondary N) is 2. The smallest absolute Gasteiger partial charge is 0.185 e. The maximum absolute atomic E-state index is 12.2. The van der Waals surface area contributed by atoms with Crippen molar-refractivity contribution in [2.24, 2.45) is 0 Å². The number of rotatable bonds is 6. The molecule has 0 fully saturated rings. The fourth-order valence-electron chi connectivity index (χ4n) is 2.39. The number of carbonyl (C=O) groups excluding carboxylic acids is 1. The van der Waals surface area contributed by atoms with E-state index in [2.05, 4.69) is 15.5 Å². The number of aromatic nitrogens is 2. The topological polar surface area (TPSA) is 67.0 Å². The van der Waals surface area contributed by atoms with E-state index in [1.807, 2.05) is 49.5 Å². The van der Waals surface area contributed by atoms with Crippen LogP contribution in [0.5, 0.6) is 5.75 Å². The van der Waals surface area contributed by atoms with Crippen LogP contribution in [0.25, 0.3) is 17.3 Å². The molecule has 3 aromatic rings. The predicted octanol–water partition coefficient (Wildman–Crippen LogP) is 4.02. The summed E-state index contributed by atoms with van der Waals surface area (Å²) in [4.78, 5) is 12.2. The highest BCUT2D eigenvalue weighted by Crippen LogP contribution is 2.21. The Bertz CT molecular complexity index is 878. The van der Waals surface area contributed by atoms with Gasteiger partial charge in [0.1, 0.15) is 5.75 Å². The van der Waals surface area contributed by atoms with Crippen LogP contribution < -0.4 is 10.1 Å². The Labute approximate surface area is 146 Å². The number of ketones is 1. The second kappa shape index (κ2) is 7.49. The molecule has 1 aromatic heterocycles. The Morgan fingerprint density at radius 2 is 1.84 bits per heavy atom. The van der Waals surface area contributed by atoms with Gasteiger partial charge in [0, 0.05) is 23.9 Å². The number of hydrogen-bond acceptors (Lipinski definition) is 4. The largest absolute Gasteiger partial charge is 0.497 e. The molecule has 2 N–H and O–H groups in total. The van der Waals surface area contributed by atoms with Gasteiger partial charge in [0.2, 0.25) is 0 Å². The summed E-state index contributed by atoms with van der Waals surface area (Å²) >= 11 is 0. The number of methoxy groups -OCH3 is 1. The van der Waals surface area contributed by atoms with E-state index in [0.29, 0.717) is 5.56 Å². The van der Waals surface area contributed by atoms with Crippen LogP contribution in [-0.2, 0) is 0 Å². The van der Waals surface area contributed by atoms with Gasteiger partial charge < -0.3 is 10.1 Å².